The van der Waals surface area contributed by atoms with Crippen LogP contribution in [0, 0.1) is 5.92 Å². The standard InChI is InChI=1S/C20H26N2O4S/c1-4-25-20(24)18-15-8-7-13(2)10-16(15)27-19(18)21-17(23)12-22(3)11-14-6-5-9-26-14/h5-6,9,13H,4,7-8,10-12H2,1-3H3,(H,21,23)/t13-/m1/s1. The summed E-state index contributed by atoms with van der Waals surface area (Å²) in [7, 11) is 1.86. The first-order valence-corrected chi connectivity index (χ1v) is 10.1. The molecule has 0 radical (unpaired) electrons. The molecule has 2 aromatic heterocycles. The molecule has 1 aliphatic rings. The van der Waals surface area contributed by atoms with Gasteiger partial charge in [-0.25, -0.2) is 4.79 Å². The first-order valence-electron chi connectivity index (χ1n) is 9.30. The van der Waals surface area contributed by atoms with E-state index in [0.29, 0.717) is 29.6 Å². The summed E-state index contributed by atoms with van der Waals surface area (Å²) in [5.74, 6) is 0.900. The number of nitrogens with zero attached hydrogens (tertiary/aromatic N) is 1. The molecule has 0 fully saturated rings. The fraction of sp³-hybridized carbons (Fsp3) is 0.500. The largest absolute Gasteiger partial charge is 0.468 e. The number of thiophene rings is 1. The van der Waals surface area contributed by atoms with Crippen molar-refractivity contribution in [2.45, 2.75) is 39.7 Å². The zero-order valence-corrected chi connectivity index (χ0v) is 16.9. The van der Waals surface area contributed by atoms with Gasteiger partial charge in [0.05, 0.1) is 31.5 Å². The van der Waals surface area contributed by atoms with E-state index < -0.39 is 0 Å². The monoisotopic (exact) mass is 390 g/mol. The minimum Gasteiger partial charge on any atom is -0.468 e. The third-order valence-electron chi connectivity index (χ3n) is 4.66. The van der Waals surface area contributed by atoms with Gasteiger partial charge in [-0.2, -0.15) is 0 Å². The van der Waals surface area contributed by atoms with Crippen LogP contribution in [0.5, 0.6) is 0 Å². The summed E-state index contributed by atoms with van der Waals surface area (Å²) < 4.78 is 10.6. The molecule has 6 nitrogen and oxygen atoms in total. The number of furan rings is 1. The summed E-state index contributed by atoms with van der Waals surface area (Å²) in [4.78, 5) is 28.1. The quantitative estimate of drug-likeness (QED) is 0.730. The van der Waals surface area contributed by atoms with Gasteiger partial charge < -0.3 is 14.5 Å². The van der Waals surface area contributed by atoms with Crippen LogP contribution in [-0.4, -0.2) is 37.0 Å². The molecule has 1 aliphatic carbocycles. The lowest BCUT2D eigenvalue weighted by Gasteiger charge is -2.18. The number of rotatable bonds is 7. The van der Waals surface area contributed by atoms with Crippen molar-refractivity contribution in [3.05, 3.63) is 40.2 Å². The van der Waals surface area contributed by atoms with Crippen molar-refractivity contribution in [3.8, 4) is 0 Å². The van der Waals surface area contributed by atoms with Gasteiger partial charge in [-0.15, -0.1) is 11.3 Å². The van der Waals surface area contributed by atoms with Crippen LogP contribution in [0.4, 0.5) is 5.00 Å². The van der Waals surface area contributed by atoms with Crippen LogP contribution in [0.1, 0.15) is 46.8 Å². The molecule has 1 atom stereocenters. The molecule has 2 aromatic rings. The van der Waals surface area contributed by atoms with E-state index in [4.69, 9.17) is 9.15 Å². The van der Waals surface area contributed by atoms with E-state index in [2.05, 4.69) is 12.2 Å². The number of fused-ring (bicyclic) bond motifs is 1. The molecule has 1 N–H and O–H groups in total. The van der Waals surface area contributed by atoms with Crippen molar-refractivity contribution in [1.29, 1.82) is 0 Å². The smallest absolute Gasteiger partial charge is 0.341 e. The molecule has 27 heavy (non-hydrogen) atoms. The molecule has 3 rings (SSSR count). The van der Waals surface area contributed by atoms with Crippen molar-refractivity contribution < 1.29 is 18.7 Å². The minimum atomic E-state index is -0.344. The Kier molecular flexibility index (Phi) is 6.34. The third kappa shape index (κ3) is 4.78. The predicted octanol–water partition coefficient (Wildman–Crippen LogP) is 3.71. The van der Waals surface area contributed by atoms with E-state index in [9.17, 15) is 9.59 Å². The highest BCUT2D eigenvalue weighted by atomic mass is 32.1. The molecule has 1 amide bonds. The number of amides is 1. The van der Waals surface area contributed by atoms with Gasteiger partial charge in [0.25, 0.3) is 0 Å². The number of nitrogens with one attached hydrogen (secondary N) is 1. The molecule has 0 spiro atoms. The number of carbonyl (C=O) groups is 2. The maximum atomic E-state index is 12.5. The summed E-state index contributed by atoms with van der Waals surface area (Å²) in [5, 5.41) is 3.55. The summed E-state index contributed by atoms with van der Waals surface area (Å²) >= 11 is 1.51. The van der Waals surface area contributed by atoms with E-state index in [1.165, 1.54) is 16.2 Å². The molecule has 146 valence electrons. The van der Waals surface area contributed by atoms with Crippen molar-refractivity contribution >= 4 is 28.2 Å². The number of esters is 1. The van der Waals surface area contributed by atoms with Crippen molar-refractivity contribution in [2.75, 3.05) is 25.5 Å². The van der Waals surface area contributed by atoms with Gasteiger partial charge in [0, 0.05) is 4.88 Å². The predicted molar refractivity (Wildman–Crippen MR) is 105 cm³/mol. The van der Waals surface area contributed by atoms with E-state index in [-0.39, 0.29) is 18.4 Å². The van der Waals surface area contributed by atoms with Gasteiger partial charge in [0.1, 0.15) is 10.8 Å². The Labute approximate surface area is 163 Å². The second kappa shape index (κ2) is 8.71. The highest BCUT2D eigenvalue weighted by Crippen LogP contribution is 2.40. The van der Waals surface area contributed by atoms with Gasteiger partial charge in [-0.1, -0.05) is 6.92 Å². The highest BCUT2D eigenvalue weighted by molar-refractivity contribution is 7.17. The molecule has 0 bridgehead atoms. The first-order chi connectivity index (χ1) is 13.0. The van der Waals surface area contributed by atoms with Crippen molar-refractivity contribution in [1.82, 2.24) is 4.90 Å². The Morgan fingerprint density at radius 2 is 2.26 bits per heavy atom. The van der Waals surface area contributed by atoms with E-state index in [1.807, 2.05) is 24.1 Å². The molecular formula is C20H26N2O4S. The zero-order chi connectivity index (χ0) is 19.4. The fourth-order valence-electron chi connectivity index (χ4n) is 3.39. The molecule has 0 aromatic carbocycles. The van der Waals surface area contributed by atoms with Crippen LogP contribution >= 0.6 is 11.3 Å². The minimum absolute atomic E-state index is 0.152. The van der Waals surface area contributed by atoms with Gasteiger partial charge in [-0.05, 0) is 56.8 Å². The van der Waals surface area contributed by atoms with Gasteiger partial charge >= 0.3 is 5.97 Å². The average Bonchev–Trinajstić information content (AvgIpc) is 3.21. The number of hydrogen-bond acceptors (Lipinski definition) is 6. The van der Waals surface area contributed by atoms with Gasteiger partial charge in [0.2, 0.25) is 5.91 Å². The second-order valence-electron chi connectivity index (χ2n) is 7.08. The topological polar surface area (TPSA) is 71.8 Å². The van der Waals surface area contributed by atoms with Crippen LogP contribution in [0.25, 0.3) is 0 Å². The lowest BCUT2D eigenvalue weighted by atomic mass is 9.88. The number of carbonyl (C=O) groups excluding carboxylic acids is 2. The van der Waals surface area contributed by atoms with Gasteiger partial charge in [0.15, 0.2) is 0 Å². The summed E-state index contributed by atoms with van der Waals surface area (Å²) in [6, 6.07) is 3.70. The normalized spacial score (nSPS) is 16.2. The second-order valence-corrected chi connectivity index (χ2v) is 8.18. The summed E-state index contributed by atoms with van der Waals surface area (Å²) in [5.41, 5.74) is 1.60. The molecule has 0 unspecified atom stereocenters. The van der Waals surface area contributed by atoms with Crippen LogP contribution < -0.4 is 5.32 Å². The highest BCUT2D eigenvalue weighted by Gasteiger charge is 2.29. The van der Waals surface area contributed by atoms with Crippen LogP contribution in [0.15, 0.2) is 22.8 Å². The van der Waals surface area contributed by atoms with E-state index >= 15 is 0 Å². The Morgan fingerprint density at radius 3 is 2.96 bits per heavy atom. The molecular weight excluding hydrogens is 364 g/mol. The molecule has 7 heteroatoms. The first kappa shape index (κ1) is 19.6. The number of hydrogen-bond donors (Lipinski definition) is 1. The lowest BCUT2D eigenvalue weighted by Crippen LogP contribution is -2.30. The van der Waals surface area contributed by atoms with Crippen LogP contribution in [0.3, 0.4) is 0 Å². The Bertz CT molecular complexity index is 797. The number of anilines is 1. The summed E-state index contributed by atoms with van der Waals surface area (Å²) in [6.07, 6.45) is 4.47. The molecule has 0 saturated heterocycles. The number of likely N-dealkylation sites (N-methyl/N-ethyl adjacent to an activating group) is 1. The number of ether oxygens (including phenoxy) is 1. The SMILES string of the molecule is CCOC(=O)c1c(NC(=O)CN(C)Cc2ccco2)sc2c1CC[C@@H](C)C2. The molecule has 0 aliphatic heterocycles. The Morgan fingerprint density at radius 1 is 1.44 bits per heavy atom. The van der Waals surface area contributed by atoms with E-state index in [0.717, 1.165) is 30.6 Å². The average molecular weight is 391 g/mol. The van der Waals surface area contributed by atoms with Crippen LogP contribution in [0.2, 0.25) is 0 Å². The Balaban J connectivity index is 1.73. The maximum Gasteiger partial charge on any atom is 0.341 e. The van der Waals surface area contributed by atoms with Crippen molar-refractivity contribution in [2.24, 2.45) is 5.92 Å². The lowest BCUT2D eigenvalue weighted by molar-refractivity contribution is -0.117. The van der Waals surface area contributed by atoms with Crippen LogP contribution in [-0.2, 0) is 28.9 Å². The van der Waals surface area contributed by atoms with Gasteiger partial charge in [-0.3, -0.25) is 9.69 Å². The maximum absolute atomic E-state index is 12.5. The Hall–Kier alpha value is -2.12. The molecule has 0 saturated carbocycles. The fourth-order valence-corrected chi connectivity index (χ4v) is 4.81. The van der Waals surface area contributed by atoms with Crippen molar-refractivity contribution in [3.63, 3.8) is 0 Å². The summed E-state index contributed by atoms with van der Waals surface area (Å²) in [6.45, 7) is 5.08. The zero-order valence-electron chi connectivity index (χ0n) is 16.0. The van der Waals surface area contributed by atoms with E-state index in [1.54, 1.807) is 13.2 Å². The third-order valence-corrected chi connectivity index (χ3v) is 5.83. The molecule has 2 heterocycles.